The molecule has 4 aromatic rings. The van der Waals surface area contributed by atoms with Gasteiger partial charge in [0.25, 0.3) is 0 Å². The average Bonchev–Trinajstić information content (AvgIpc) is 3.11. The number of rotatable bonds is 6. The van der Waals surface area contributed by atoms with E-state index >= 15 is 0 Å². The van der Waals surface area contributed by atoms with Crippen LogP contribution in [0.25, 0.3) is 0 Å². The number of nitrogens with one attached hydrogen (secondary N) is 1. The van der Waals surface area contributed by atoms with Gasteiger partial charge in [0, 0.05) is 16.3 Å². The van der Waals surface area contributed by atoms with Crippen LogP contribution < -0.4 is 11.1 Å². The molecule has 5 nitrogen and oxygen atoms in total. The van der Waals surface area contributed by atoms with Crippen molar-refractivity contribution in [1.82, 2.24) is 0 Å². The molecule has 0 saturated heterocycles. The van der Waals surface area contributed by atoms with Crippen LogP contribution >= 0.6 is 22.9 Å². The lowest BCUT2D eigenvalue weighted by Crippen LogP contribution is -2.09. The van der Waals surface area contributed by atoms with E-state index in [4.69, 9.17) is 17.3 Å². The summed E-state index contributed by atoms with van der Waals surface area (Å²) in [6.07, 6.45) is 0. The van der Waals surface area contributed by atoms with Crippen LogP contribution in [-0.4, -0.2) is 14.2 Å². The molecule has 0 bridgehead atoms. The molecule has 0 fully saturated rings. The number of sulfone groups is 1. The van der Waals surface area contributed by atoms with E-state index in [-0.39, 0.29) is 31.1 Å². The molecule has 0 aliphatic carbocycles. The van der Waals surface area contributed by atoms with E-state index < -0.39 is 9.84 Å². The van der Waals surface area contributed by atoms with E-state index in [1.807, 2.05) is 32.9 Å². The predicted octanol–water partition coefficient (Wildman–Crippen LogP) is 6.72. The third-order valence-electron chi connectivity index (χ3n) is 5.43. The Kier molecular flexibility index (Phi) is 6.53. The Bertz CT molecular complexity index is 1490. The van der Waals surface area contributed by atoms with Crippen LogP contribution in [0.2, 0.25) is 5.02 Å². The van der Waals surface area contributed by atoms with Gasteiger partial charge in [0.2, 0.25) is 15.6 Å². The maximum atomic E-state index is 13.7. The summed E-state index contributed by atoms with van der Waals surface area (Å²) in [5.41, 5.74) is 10.2. The number of benzene rings is 3. The molecule has 0 aliphatic heterocycles. The highest BCUT2D eigenvalue weighted by Gasteiger charge is 2.32. The van der Waals surface area contributed by atoms with Gasteiger partial charge in [0.15, 0.2) is 0 Å². The molecule has 0 aliphatic rings. The third-order valence-corrected chi connectivity index (χ3v) is 8.79. The van der Waals surface area contributed by atoms with Gasteiger partial charge in [-0.1, -0.05) is 53.1 Å². The standard InChI is InChI=1S/C26H23ClN2O3S2/c1-15-4-11-20(12-5-15)34(31,32)25-22(28)24(23(30)21-13-6-16(2)14-17(21)3)33-26(25)29-19-9-7-18(27)8-10-19/h4-14,29H,28H2,1-3H3. The van der Waals surface area contributed by atoms with Crippen LogP contribution in [0, 0.1) is 20.8 Å². The molecule has 1 heterocycles. The molecule has 0 atom stereocenters. The lowest BCUT2D eigenvalue weighted by atomic mass is 10.0. The minimum Gasteiger partial charge on any atom is -0.396 e. The van der Waals surface area contributed by atoms with Crippen molar-refractivity contribution in [3.05, 3.63) is 98.9 Å². The Morgan fingerprint density at radius 1 is 0.912 bits per heavy atom. The number of nitrogen functional groups attached to an aromatic ring is 1. The van der Waals surface area contributed by atoms with Crippen LogP contribution in [0.3, 0.4) is 0 Å². The summed E-state index contributed by atoms with van der Waals surface area (Å²) in [6, 6.07) is 18.9. The summed E-state index contributed by atoms with van der Waals surface area (Å²) in [4.78, 5) is 13.6. The predicted molar refractivity (Wildman–Crippen MR) is 139 cm³/mol. The maximum Gasteiger partial charge on any atom is 0.211 e. The van der Waals surface area contributed by atoms with Crippen molar-refractivity contribution < 1.29 is 13.2 Å². The van der Waals surface area contributed by atoms with Crippen LogP contribution in [0.5, 0.6) is 0 Å². The van der Waals surface area contributed by atoms with Gasteiger partial charge in [-0.25, -0.2) is 8.42 Å². The summed E-state index contributed by atoms with van der Waals surface area (Å²) in [6.45, 7) is 5.67. The molecule has 0 spiro atoms. The molecule has 4 rings (SSSR count). The molecule has 174 valence electrons. The van der Waals surface area contributed by atoms with Gasteiger partial charge in [-0.15, -0.1) is 11.3 Å². The summed E-state index contributed by atoms with van der Waals surface area (Å²) in [5.74, 6) is -0.315. The Morgan fingerprint density at radius 3 is 2.15 bits per heavy atom. The smallest absolute Gasteiger partial charge is 0.211 e. The molecule has 0 saturated carbocycles. The number of carbonyl (C=O) groups excluding carboxylic acids is 1. The van der Waals surface area contributed by atoms with Crippen LogP contribution in [0.1, 0.15) is 31.9 Å². The van der Waals surface area contributed by atoms with Crippen molar-refractivity contribution >= 4 is 54.9 Å². The molecule has 3 aromatic carbocycles. The van der Waals surface area contributed by atoms with E-state index in [1.54, 1.807) is 54.6 Å². The van der Waals surface area contributed by atoms with Crippen LogP contribution in [0.4, 0.5) is 16.4 Å². The zero-order valence-corrected chi connectivity index (χ0v) is 21.2. The SMILES string of the molecule is Cc1ccc(S(=O)(=O)c2c(Nc3ccc(Cl)cc3)sc(C(=O)c3ccc(C)cc3C)c2N)cc1. The van der Waals surface area contributed by atoms with Gasteiger partial charge in [-0.05, 0) is 62.7 Å². The minimum atomic E-state index is -4.01. The van der Waals surface area contributed by atoms with Gasteiger partial charge in [0.1, 0.15) is 14.8 Å². The fourth-order valence-electron chi connectivity index (χ4n) is 3.64. The van der Waals surface area contributed by atoms with E-state index in [9.17, 15) is 13.2 Å². The quantitative estimate of drug-likeness (QED) is 0.281. The van der Waals surface area contributed by atoms with E-state index in [0.29, 0.717) is 16.3 Å². The van der Waals surface area contributed by atoms with Crippen molar-refractivity contribution in [2.75, 3.05) is 11.1 Å². The normalized spacial score (nSPS) is 11.4. The number of nitrogens with two attached hydrogens (primary N) is 1. The number of carbonyl (C=O) groups is 1. The Labute approximate surface area is 208 Å². The number of ketones is 1. The number of thiophene rings is 1. The first kappa shape index (κ1) is 24.0. The zero-order valence-electron chi connectivity index (χ0n) is 18.8. The van der Waals surface area contributed by atoms with Gasteiger partial charge < -0.3 is 11.1 Å². The van der Waals surface area contributed by atoms with Gasteiger partial charge in [0.05, 0.1) is 10.6 Å². The first-order chi connectivity index (χ1) is 16.1. The maximum absolute atomic E-state index is 13.7. The number of hydrogen-bond donors (Lipinski definition) is 2. The molecule has 1 aromatic heterocycles. The van der Waals surface area contributed by atoms with E-state index in [1.165, 1.54) is 0 Å². The molecular formula is C26H23ClN2O3S2. The lowest BCUT2D eigenvalue weighted by Gasteiger charge is -2.10. The second-order valence-corrected chi connectivity index (χ2v) is 11.4. The Balaban J connectivity index is 1.89. The van der Waals surface area contributed by atoms with Crippen molar-refractivity contribution in [2.24, 2.45) is 0 Å². The molecule has 0 unspecified atom stereocenters. The number of hydrogen-bond acceptors (Lipinski definition) is 6. The highest BCUT2D eigenvalue weighted by molar-refractivity contribution is 7.92. The zero-order chi connectivity index (χ0) is 24.6. The summed E-state index contributed by atoms with van der Waals surface area (Å²) in [5, 5.41) is 3.95. The molecule has 0 radical (unpaired) electrons. The van der Waals surface area contributed by atoms with Gasteiger partial charge in [-0.3, -0.25) is 4.79 Å². The van der Waals surface area contributed by atoms with Crippen molar-refractivity contribution in [1.29, 1.82) is 0 Å². The largest absolute Gasteiger partial charge is 0.396 e. The van der Waals surface area contributed by atoms with Crippen molar-refractivity contribution in [3.63, 3.8) is 0 Å². The lowest BCUT2D eigenvalue weighted by molar-refractivity contribution is 0.104. The molecule has 8 heteroatoms. The fourth-order valence-corrected chi connectivity index (χ4v) is 6.69. The summed E-state index contributed by atoms with van der Waals surface area (Å²) >= 11 is 7.02. The fraction of sp³-hybridized carbons (Fsp3) is 0.115. The first-order valence-electron chi connectivity index (χ1n) is 10.5. The molecule has 0 amide bonds. The minimum absolute atomic E-state index is 0.0630. The average molecular weight is 511 g/mol. The third kappa shape index (κ3) is 4.59. The topological polar surface area (TPSA) is 89.3 Å². The van der Waals surface area contributed by atoms with Crippen LogP contribution in [-0.2, 0) is 9.84 Å². The number of aryl methyl sites for hydroxylation is 3. The summed E-state index contributed by atoms with van der Waals surface area (Å²) in [7, 11) is -4.01. The van der Waals surface area contributed by atoms with Gasteiger partial charge in [-0.2, -0.15) is 0 Å². The highest BCUT2D eigenvalue weighted by atomic mass is 35.5. The monoisotopic (exact) mass is 510 g/mol. The number of anilines is 3. The van der Waals surface area contributed by atoms with E-state index in [0.717, 1.165) is 28.0 Å². The van der Waals surface area contributed by atoms with Gasteiger partial charge >= 0.3 is 0 Å². The summed E-state index contributed by atoms with van der Waals surface area (Å²) < 4.78 is 27.3. The van der Waals surface area contributed by atoms with E-state index in [2.05, 4.69) is 5.32 Å². The van der Waals surface area contributed by atoms with Crippen molar-refractivity contribution in [2.45, 2.75) is 30.6 Å². The molecule has 34 heavy (non-hydrogen) atoms. The second-order valence-electron chi connectivity index (χ2n) is 8.10. The second kappa shape index (κ2) is 9.25. The van der Waals surface area contributed by atoms with Crippen molar-refractivity contribution in [3.8, 4) is 0 Å². The first-order valence-corrected chi connectivity index (χ1v) is 13.1. The highest BCUT2D eigenvalue weighted by Crippen LogP contribution is 2.44. The Hall–Kier alpha value is -3.13. The molecule has 3 N–H and O–H groups in total. The van der Waals surface area contributed by atoms with Crippen LogP contribution in [0.15, 0.2) is 76.5 Å². The Morgan fingerprint density at radius 2 is 1.53 bits per heavy atom. The molecular weight excluding hydrogens is 488 g/mol. The number of halogens is 1.